The molecule has 1 heterocycles. The summed E-state index contributed by atoms with van der Waals surface area (Å²) in [7, 11) is 2.00. The van der Waals surface area contributed by atoms with Crippen molar-refractivity contribution in [3.05, 3.63) is 0 Å². The molecule has 1 rings (SSSR count). The van der Waals surface area contributed by atoms with Crippen LogP contribution in [0.4, 0.5) is 0 Å². The second-order valence-electron chi connectivity index (χ2n) is 4.48. The van der Waals surface area contributed by atoms with Crippen molar-refractivity contribution >= 4 is 5.91 Å². The maximum Gasteiger partial charge on any atom is 0.236 e. The molecule has 3 heteroatoms. The van der Waals surface area contributed by atoms with E-state index in [1.54, 1.807) is 0 Å². The van der Waals surface area contributed by atoms with E-state index in [4.69, 9.17) is 0 Å². The van der Waals surface area contributed by atoms with Crippen LogP contribution < -0.4 is 0 Å². The SMILES string of the molecule is CCN(C)CC(=O)N1CCCCCCC1. The second-order valence-corrected chi connectivity index (χ2v) is 4.48. The van der Waals surface area contributed by atoms with Crippen molar-refractivity contribution in [2.24, 2.45) is 0 Å². The molecule has 0 aliphatic carbocycles. The van der Waals surface area contributed by atoms with E-state index in [9.17, 15) is 4.79 Å². The first-order valence-corrected chi connectivity index (χ1v) is 6.20. The maximum absolute atomic E-state index is 11.9. The third-order valence-electron chi connectivity index (χ3n) is 3.15. The van der Waals surface area contributed by atoms with Gasteiger partial charge in [0.1, 0.15) is 0 Å². The smallest absolute Gasteiger partial charge is 0.236 e. The topological polar surface area (TPSA) is 23.6 Å². The van der Waals surface area contributed by atoms with Crippen LogP contribution in [0.5, 0.6) is 0 Å². The van der Waals surface area contributed by atoms with E-state index in [-0.39, 0.29) is 0 Å². The van der Waals surface area contributed by atoms with Gasteiger partial charge in [-0.2, -0.15) is 0 Å². The van der Waals surface area contributed by atoms with Crippen LogP contribution in [0.25, 0.3) is 0 Å². The molecule has 0 aromatic carbocycles. The molecule has 15 heavy (non-hydrogen) atoms. The summed E-state index contributed by atoms with van der Waals surface area (Å²) in [4.78, 5) is 16.0. The van der Waals surface area contributed by atoms with E-state index in [1.165, 1.54) is 32.1 Å². The number of carbonyl (C=O) groups is 1. The second kappa shape index (κ2) is 6.83. The molecule has 0 atom stereocenters. The van der Waals surface area contributed by atoms with Gasteiger partial charge in [0.2, 0.25) is 5.91 Å². The van der Waals surface area contributed by atoms with Crippen LogP contribution in [-0.2, 0) is 4.79 Å². The number of likely N-dealkylation sites (tertiary alicyclic amines) is 1. The van der Waals surface area contributed by atoms with Crippen LogP contribution in [0.15, 0.2) is 0 Å². The minimum Gasteiger partial charge on any atom is -0.342 e. The minimum absolute atomic E-state index is 0.307. The summed E-state index contributed by atoms with van der Waals surface area (Å²) in [6.45, 7) is 5.55. The van der Waals surface area contributed by atoms with E-state index in [0.29, 0.717) is 12.5 Å². The Hall–Kier alpha value is -0.570. The first-order valence-electron chi connectivity index (χ1n) is 6.20. The summed E-state index contributed by atoms with van der Waals surface area (Å²) >= 11 is 0. The van der Waals surface area contributed by atoms with Crippen molar-refractivity contribution < 1.29 is 4.79 Å². The number of rotatable bonds is 3. The molecular formula is C12H24N2O. The van der Waals surface area contributed by atoms with Crippen LogP contribution in [0.2, 0.25) is 0 Å². The lowest BCUT2D eigenvalue weighted by Crippen LogP contribution is -2.40. The van der Waals surface area contributed by atoms with Crippen molar-refractivity contribution in [1.82, 2.24) is 9.80 Å². The molecule has 0 saturated carbocycles. The Bertz CT molecular complexity index is 186. The molecule has 0 unspecified atom stereocenters. The van der Waals surface area contributed by atoms with Crippen LogP contribution >= 0.6 is 0 Å². The van der Waals surface area contributed by atoms with Gasteiger partial charge in [-0.1, -0.05) is 26.2 Å². The highest BCUT2D eigenvalue weighted by molar-refractivity contribution is 5.78. The number of carbonyl (C=O) groups excluding carboxylic acids is 1. The van der Waals surface area contributed by atoms with Crippen molar-refractivity contribution in [3.63, 3.8) is 0 Å². The average molecular weight is 212 g/mol. The monoisotopic (exact) mass is 212 g/mol. The van der Waals surface area contributed by atoms with Crippen LogP contribution in [0, 0.1) is 0 Å². The van der Waals surface area contributed by atoms with Gasteiger partial charge in [0, 0.05) is 13.1 Å². The molecule has 1 aliphatic heterocycles. The Kier molecular flexibility index (Phi) is 5.69. The van der Waals surface area contributed by atoms with Gasteiger partial charge in [-0.05, 0) is 26.4 Å². The van der Waals surface area contributed by atoms with Crippen LogP contribution in [0.3, 0.4) is 0 Å². The van der Waals surface area contributed by atoms with Gasteiger partial charge >= 0.3 is 0 Å². The maximum atomic E-state index is 11.9. The quantitative estimate of drug-likeness (QED) is 0.711. The minimum atomic E-state index is 0.307. The van der Waals surface area contributed by atoms with Gasteiger partial charge in [-0.3, -0.25) is 9.69 Å². The van der Waals surface area contributed by atoms with Gasteiger partial charge in [0.05, 0.1) is 6.54 Å². The largest absolute Gasteiger partial charge is 0.342 e. The Morgan fingerprint density at radius 3 is 2.20 bits per heavy atom. The fraction of sp³-hybridized carbons (Fsp3) is 0.917. The molecular weight excluding hydrogens is 188 g/mol. The number of hydrogen-bond acceptors (Lipinski definition) is 2. The van der Waals surface area contributed by atoms with Gasteiger partial charge < -0.3 is 4.90 Å². The molecule has 88 valence electrons. The van der Waals surface area contributed by atoms with Crippen molar-refractivity contribution in [3.8, 4) is 0 Å². The lowest BCUT2D eigenvalue weighted by atomic mass is 10.1. The summed E-state index contributed by atoms with van der Waals surface area (Å²) in [5.41, 5.74) is 0. The molecule has 0 aromatic rings. The fourth-order valence-electron chi connectivity index (χ4n) is 1.94. The first-order chi connectivity index (χ1) is 7.24. The van der Waals surface area contributed by atoms with Crippen LogP contribution in [0.1, 0.15) is 39.0 Å². The molecule has 1 amide bonds. The molecule has 0 spiro atoms. The molecule has 1 fully saturated rings. The predicted molar refractivity (Wildman–Crippen MR) is 62.8 cm³/mol. The predicted octanol–water partition coefficient (Wildman–Crippen LogP) is 1.73. The number of amides is 1. The molecule has 0 radical (unpaired) electrons. The fourth-order valence-corrected chi connectivity index (χ4v) is 1.94. The van der Waals surface area contributed by atoms with Gasteiger partial charge in [-0.15, -0.1) is 0 Å². The summed E-state index contributed by atoms with van der Waals surface area (Å²) in [5, 5.41) is 0. The highest BCUT2D eigenvalue weighted by atomic mass is 16.2. The molecule has 1 saturated heterocycles. The average Bonchev–Trinajstić information content (AvgIpc) is 2.16. The molecule has 0 N–H and O–H groups in total. The highest BCUT2D eigenvalue weighted by Crippen LogP contribution is 2.10. The van der Waals surface area contributed by atoms with E-state index in [1.807, 2.05) is 11.9 Å². The summed E-state index contributed by atoms with van der Waals surface area (Å²) in [5.74, 6) is 0.307. The van der Waals surface area contributed by atoms with Gasteiger partial charge in [-0.25, -0.2) is 0 Å². The standard InChI is InChI=1S/C12H24N2O/c1-3-13(2)11-12(15)14-9-7-5-4-6-8-10-14/h3-11H2,1-2H3. The summed E-state index contributed by atoms with van der Waals surface area (Å²) in [6.07, 6.45) is 6.28. The molecule has 3 nitrogen and oxygen atoms in total. The zero-order valence-corrected chi connectivity index (χ0v) is 10.2. The van der Waals surface area contributed by atoms with Crippen molar-refractivity contribution in [2.75, 3.05) is 33.2 Å². The van der Waals surface area contributed by atoms with Gasteiger partial charge in [0.15, 0.2) is 0 Å². The normalized spacial score (nSPS) is 18.7. The Labute approximate surface area is 93.4 Å². The van der Waals surface area contributed by atoms with E-state index >= 15 is 0 Å². The summed E-state index contributed by atoms with van der Waals surface area (Å²) < 4.78 is 0. The molecule has 0 bridgehead atoms. The first kappa shape index (κ1) is 12.5. The third-order valence-corrected chi connectivity index (χ3v) is 3.15. The van der Waals surface area contributed by atoms with Crippen molar-refractivity contribution in [2.45, 2.75) is 39.0 Å². The Balaban J connectivity index is 2.34. The molecule has 1 aliphatic rings. The number of hydrogen-bond donors (Lipinski definition) is 0. The van der Waals surface area contributed by atoms with E-state index in [2.05, 4.69) is 11.8 Å². The van der Waals surface area contributed by atoms with E-state index in [0.717, 1.165) is 19.6 Å². The third kappa shape index (κ3) is 4.65. The lowest BCUT2D eigenvalue weighted by molar-refractivity contribution is -0.132. The zero-order chi connectivity index (χ0) is 11.1. The van der Waals surface area contributed by atoms with Gasteiger partial charge in [0.25, 0.3) is 0 Å². The zero-order valence-electron chi connectivity index (χ0n) is 10.2. The summed E-state index contributed by atoms with van der Waals surface area (Å²) in [6, 6.07) is 0. The lowest BCUT2D eigenvalue weighted by Gasteiger charge is -2.26. The highest BCUT2D eigenvalue weighted by Gasteiger charge is 2.15. The van der Waals surface area contributed by atoms with Crippen LogP contribution in [-0.4, -0.2) is 48.9 Å². The number of likely N-dealkylation sites (N-methyl/N-ethyl adjacent to an activating group) is 1. The Morgan fingerprint density at radius 1 is 1.13 bits per heavy atom. The molecule has 0 aromatic heterocycles. The number of nitrogens with zero attached hydrogens (tertiary/aromatic N) is 2. The Morgan fingerprint density at radius 2 is 1.67 bits per heavy atom. The van der Waals surface area contributed by atoms with Crippen molar-refractivity contribution in [1.29, 1.82) is 0 Å². The van der Waals surface area contributed by atoms with E-state index < -0.39 is 0 Å².